The van der Waals surface area contributed by atoms with E-state index in [1.807, 2.05) is 18.2 Å². The molecule has 1 fully saturated rings. The number of nitrogens with zero attached hydrogens (tertiary/aromatic N) is 4. The van der Waals surface area contributed by atoms with Crippen LogP contribution in [0.5, 0.6) is 0 Å². The summed E-state index contributed by atoms with van der Waals surface area (Å²) in [4.78, 5) is 30.7. The normalized spacial score (nSPS) is 17.5. The van der Waals surface area contributed by atoms with Gasteiger partial charge < -0.3 is 13.8 Å². The third-order valence-electron chi connectivity index (χ3n) is 4.54. The lowest BCUT2D eigenvalue weighted by molar-refractivity contribution is -0.132. The van der Waals surface area contributed by atoms with Crippen LogP contribution < -0.4 is 5.76 Å². The highest BCUT2D eigenvalue weighted by atomic mass is 16.5. The van der Waals surface area contributed by atoms with Crippen molar-refractivity contribution in [3.8, 4) is 0 Å². The summed E-state index contributed by atoms with van der Waals surface area (Å²) < 4.78 is 11.7. The van der Waals surface area contributed by atoms with E-state index < -0.39 is 5.76 Å². The first-order valence-corrected chi connectivity index (χ1v) is 8.31. The van der Waals surface area contributed by atoms with Crippen LogP contribution in [-0.4, -0.2) is 32.1 Å². The summed E-state index contributed by atoms with van der Waals surface area (Å²) in [6.45, 7) is 2.68. The van der Waals surface area contributed by atoms with Gasteiger partial charge in [0.15, 0.2) is 11.4 Å². The summed E-state index contributed by atoms with van der Waals surface area (Å²) in [5.74, 6) is 0.572. The molecule has 2 aromatic heterocycles. The highest BCUT2D eigenvalue weighted by molar-refractivity contribution is 5.77. The molecular weight excluding hydrogens is 324 g/mol. The number of rotatable bonds is 4. The molecule has 130 valence electrons. The number of oxazole rings is 1. The number of aryl methyl sites for hydroxylation is 2. The van der Waals surface area contributed by atoms with E-state index in [-0.39, 0.29) is 24.9 Å². The molecule has 1 saturated heterocycles. The Balaban J connectivity index is 1.50. The maximum Gasteiger partial charge on any atom is 0.419 e. The number of fused-ring (bicyclic) bond motifs is 1. The predicted molar refractivity (Wildman–Crippen MR) is 87.8 cm³/mol. The van der Waals surface area contributed by atoms with Gasteiger partial charge in [0.05, 0.1) is 11.6 Å². The lowest BCUT2D eigenvalue weighted by Crippen LogP contribution is -2.32. The molecule has 1 aliphatic rings. The van der Waals surface area contributed by atoms with Gasteiger partial charge in [-0.2, -0.15) is 4.98 Å². The van der Waals surface area contributed by atoms with E-state index >= 15 is 0 Å². The van der Waals surface area contributed by atoms with Crippen LogP contribution in [0.4, 0.5) is 0 Å². The van der Waals surface area contributed by atoms with Crippen LogP contribution in [0.3, 0.4) is 0 Å². The van der Waals surface area contributed by atoms with Crippen LogP contribution in [0.15, 0.2) is 38.0 Å². The highest BCUT2D eigenvalue weighted by Gasteiger charge is 2.33. The van der Waals surface area contributed by atoms with E-state index in [1.54, 1.807) is 17.9 Å². The van der Waals surface area contributed by atoms with Crippen LogP contribution in [0.25, 0.3) is 11.1 Å². The van der Waals surface area contributed by atoms with Crippen molar-refractivity contribution in [1.29, 1.82) is 0 Å². The summed E-state index contributed by atoms with van der Waals surface area (Å²) in [6, 6.07) is 7.05. The molecule has 0 N–H and O–H groups in total. The standard InChI is InChI=1S/C17H18N4O4/c1-11-18-16(19-25-11)13-6-4-9-20(13)15(22)8-10-21-12-5-2-3-7-14(12)24-17(21)23/h2-3,5,7,13H,4,6,8-10H2,1H3/t13-/m1/s1. The molecule has 0 spiro atoms. The topological polar surface area (TPSA) is 94.4 Å². The van der Waals surface area contributed by atoms with Gasteiger partial charge in [0.25, 0.3) is 0 Å². The lowest BCUT2D eigenvalue weighted by Gasteiger charge is -2.22. The molecule has 0 radical (unpaired) electrons. The molecule has 0 unspecified atom stereocenters. The number of likely N-dealkylation sites (tertiary alicyclic amines) is 1. The molecule has 1 aliphatic heterocycles. The minimum absolute atomic E-state index is 0.0258. The van der Waals surface area contributed by atoms with Gasteiger partial charge in [-0.25, -0.2) is 4.79 Å². The Morgan fingerprint density at radius 1 is 1.36 bits per heavy atom. The zero-order chi connectivity index (χ0) is 17.4. The Hall–Kier alpha value is -2.90. The first kappa shape index (κ1) is 15.6. The Kier molecular flexibility index (Phi) is 3.87. The van der Waals surface area contributed by atoms with Gasteiger partial charge in [0, 0.05) is 26.4 Å². The SMILES string of the molecule is Cc1nc([C@H]2CCCN2C(=O)CCn2c(=O)oc3ccccc32)no1. The molecule has 3 heterocycles. The first-order chi connectivity index (χ1) is 12.1. The van der Waals surface area contributed by atoms with E-state index in [9.17, 15) is 9.59 Å². The average Bonchev–Trinajstić information content (AvgIpc) is 3.30. The molecule has 0 aliphatic carbocycles. The van der Waals surface area contributed by atoms with Crippen molar-refractivity contribution in [2.24, 2.45) is 0 Å². The van der Waals surface area contributed by atoms with Crippen LogP contribution in [0.2, 0.25) is 0 Å². The quantitative estimate of drug-likeness (QED) is 0.720. The van der Waals surface area contributed by atoms with Crippen molar-refractivity contribution in [2.45, 2.75) is 38.8 Å². The first-order valence-electron chi connectivity index (χ1n) is 8.31. The molecule has 4 rings (SSSR count). The van der Waals surface area contributed by atoms with Crippen LogP contribution >= 0.6 is 0 Å². The number of para-hydroxylation sites is 2. The summed E-state index contributed by atoms with van der Waals surface area (Å²) in [5, 5.41) is 3.95. The smallest absolute Gasteiger partial charge is 0.408 e. The zero-order valence-corrected chi connectivity index (χ0v) is 13.8. The van der Waals surface area contributed by atoms with Gasteiger partial charge in [0.2, 0.25) is 11.8 Å². The molecule has 1 atom stereocenters. The summed E-state index contributed by atoms with van der Waals surface area (Å²) in [7, 11) is 0. The van der Waals surface area contributed by atoms with E-state index in [0.29, 0.717) is 29.4 Å². The van der Waals surface area contributed by atoms with Crippen LogP contribution in [0, 0.1) is 6.92 Å². The third kappa shape index (κ3) is 2.84. The number of hydrogen-bond acceptors (Lipinski definition) is 6. The molecule has 3 aromatic rings. The Morgan fingerprint density at radius 3 is 3.00 bits per heavy atom. The highest BCUT2D eigenvalue weighted by Crippen LogP contribution is 2.30. The van der Waals surface area contributed by atoms with Crippen molar-refractivity contribution in [3.63, 3.8) is 0 Å². The summed E-state index contributed by atoms with van der Waals surface area (Å²) in [5.41, 5.74) is 1.23. The van der Waals surface area contributed by atoms with E-state index in [4.69, 9.17) is 8.94 Å². The van der Waals surface area contributed by atoms with Gasteiger partial charge in [-0.3, -0.25) is 9.36 Å². The van der Waals surface area contributed by atoms with E-state index in [0.717, 1.165) is 12.8 Å². The second-order valence-electron chi connectivity index (χ2n) is 6.15. The zero-order valence-electron chi connectivity index (χ0n) is 13.8. The van der Waals surface area contributed by atoms with Gasteiger partial charge in [-0.15, -0.1) is 0 Å². The Labute approximate surface area is 143 Å². The predicted octanol–water partition coefficient (Wildman–Crippen LogP) is 2.04. The second kappa shape index (κ2) is 6.19. The fourth-order valence-corrected chi connectivity index (χ4v) is 3.36. The average molecular weight is 342 g/mol. The minimum atomic E-state index is -0.444. The second-order valence-corrected chi connectivity index (χ2v) is 6.15. The molecule has 1 aromatic carbocycles. The van der Waals surface area contributed by atoms with Gasteiger partial charge in [-0.05, 0) is 25.0 Å². The minimum Gasteiger partial charge on any atom is -0.408 e. The molecule has 1 amide bonds. The molecular formula is C17H18N4O4. The van der Waals surface area contributed by atoms with Gasteiger partial charge in [-0.1, -0.05) is 17.3 Å². The molecule has 8 nitrogen and oxygen atoms in total. The van der Waals surface area contributed by atoms with Gasteiger partial charge >= 0.3 is 5.76 Å². The van der Waals surface area contributed by atoms with E-state index in [1.165, 1.54) is 4.57 Å². The number of carbonyl (C=O) groups is 1. The van der Waals surface area contributed by atoms with Crippen molar-refractivity contribution in [2.75, 3.05) is 6.54 Å². The fraction of sp³-hybridized carbons (Fsp3) is 0.412. The maximum absolute atomic E-state index is 12.7. The van der Waals surface area contributed by atoms with Crippen LogP contribution in [0.1, 0.15) is 37.0 Å². The van der Waals surface area contributed by atoms with Crippen molar-refractivity contribution in [1.82, 2.24) is 19.6 Å². The number of carbonyl (C=O) groups excluding carboxylic acids is 1. The van der Waals surface area contributed by atoms with Crippen molar-refractivity contribution < 1.29 is 13.7 Å². The number of aromatic nitrogens is 3. The summed E-state index contributed by atoms with van der Waals surface area (Å²) >= 11 is 0. The largest absolute Gasteiger partial charge is 0.419 e. The van der Waals surface area contributed by atoms with Crippen molar-refractivity contribution in [3.05, 3.63) is 46.5 Å². The molecule has 0 saturated carbocycles. The Bertz CT molecular complexity index is 970. The lowest BCUT2D eigenvalue weighted by atomic mass is 10.2. The van der Waals surface area contributed by atoms with Crippen LogP contribution in [-0.2, 0) is 11.3 Å². The number of benzene rings is 1. The number of amides is 1. The monoisotopic (exact) mass is 342 g/mol. The Morgan fingerprint density at radius 2 is 2.20 bits per heavy atom. The molecule has 0 bridgehead atoms. The molecule has 25 heavy (non-hydrogen) atoms. The maximum atomic E-state index is 12.7. The van der Waals surface area contributed by atoms with E-state index in [2.05, 4.69) is 10.1 Å². The van der Waals surface area contributed by atoms with Gasteiger partial charge in [0.1, 0.15) is 0 Å². The van der Waals surface area contributed by atoms with Crippen molar-refractivity contribution >= 4 is 17.0 Å². The third-order valence-corrected chi connectivity index (χ3v) is 4.54. The summed E-state index contributed by atoms with van der Waals surface area (Å²) in [6.07, 6.45) is 1.94. The molecule has 8 heteroatoms. The fourth-order valence-electron chi connectivity index (χ4n) is 3.36. The number of hydrogen-bond donors (Lipinski definition) is 0.